The van der Waals surface area contributed by atoms with Crippen molar-refractivity contribution in [1.29, 1.82) is 0 Å². The SMILES string of the molecule is [CH2]CC(CCCCCCCCCC)CCCCCCCCCCCC. The zero-order valence-electron chi connectivity index (χ0n) is 18.1. The first-order valence-electron chi connectivity index (χ1n) is 12.1. The van der Waals surface area contributed by atoms with E-state index in [4.69, 9.17) is 0 Å². The van der Waals surface area contributed by atoms with Crippen molar-refractivity contribution in [2.24, 2.45) is 5.92 Å². The maximum Gasteiger partial charge on any atom is -0.0414 e. The highest BCUT2D eigenvalue weighted by Crippen LogP contribution is 2.21. The summed E-state index contributed by atoms with van der Waals surface area (Å²) < 4.78 is 0. The predicted molar refractivity (Wildman–Crippen MR) is 117 cm³/mol. The first-order chi connectivity index (χ1) is 12.3. The maximum absolute atomic E-state index is 4.20. The van der Waals surface area contributed by atoms with Gasteiger partial charge < -0.3 is 0 Å². The molecule has 0 rings (SSSR count). The van der Waals surface area contributed by atoms with E-state index >= 15 is 0 Å². The van der Waals surface area contributed by atoms with E-state index in [9.17, 15) is 0 Å². The zero-order valence-corrected chi connectivity index (χ0v) is 18.1. The topological polar surface area (TPSA) is 0 Å². The highest BCUT2D eigenvalue weighted by molar-refractivity contribution is 4.62. The molecule has 0 heterocycles. The molecule has 1 atom stereocenters. The monoisotopic (exact) mass is 351 g/mol. The van der Waals surface area contributed by atoms with E-state index in [2.05, 4.69) is 20.8 Å². The Kier molecular flexibility index (Phi) is 22.0. The van der Waals surface area contributed by atoms with Gasteiger partial charge in [-0.1, -0.05) is 156 Å². The van der Waals surface area contributed by atoms with Gasteiger partial charge in [-0.25, -0.2) is 0 Å². The highest BCUT2D eigenvalue weighted by Gasteiger charge is 2.06. The van der Waals surface area contributed by atoms with E-state index in [0.717, 1.165) is 12.3 Å². The predicted octanol–water partition coefficient (Wildman–Crippen LogP) is 9.67. The lowest BCUT2D eigenvalue weighted by Crippen LogP contribution is -1.99. The van der Waals surface area contributed by atoms with Crippen molar-refractivity contribution in [3.8, 4) is 0 Å². The number of hydrogen-bond acceptors (Lipinski definition) is 0. The standard InChI is InChI=1S/C25H51/c1-4-7-9-11-13-15-16-18-20-22-24-25(6-3)23-21-19-17-14-12-10-8-5-2/h25H,3-24H2,1-2H3. The lowest BCUT2D eigenvalue weighted by atomic mass is 9.92. The van der Waals surface area contributed by atoms with Crippen molar-refractivity contribution in [3.05, 3.63) is 6.92 Å². The van der Waals surface area contributed by atoms with Gasteiger partial charge in [-0.05, 0) is 5.92 Å². The van der Waals surface area contributed by atoms with Crippen molar-refractivity contribution in [3.63, 3.8) is 0 Å². The van der Waals surface area contributed by atoms with Crippen molar-refractivity contribution in [2.45, 2.75) is 149 Å². The Morgan fingerprint density at radius 1 is 0.440 bits per heavy atom. The summed E-state index contributed by atoms with van der Waals surface area (Å²) in [5.74, 6) is 0.911. The summed E-state index contributed by atoms with van der Waals surface area (Å²) in [4.78, 5) is 0. The second-order valence-electron chi connectivity index (χ2n) is 8.39. The van der Waals surface area contributed by atoms with Crippen LogP contribution in [0.25, 0.3) is 0 Å². The second kappa shape index (κ2) is 22.0. The van der Waals surface area contributed by atoms with Crippen molar-refractivity contribution in [1.82, 2.24) is 0 Å². The molecule has 0 nitrogen and oxygen atoms in total. The summed E-state index contributed by atoms with van der Waals surface area (Å²) in [5.41, 5.74) is 0. The molecular weight excluding hydrogens is 300 g/mol. The van der Waals surface area contributed by atoms with Gasteiger partial charge in [0.25, 0.3) is 0 Å². The van der Waals surface area contributed by atoms with Crippen LogP contribution >= 0.6 is 0 Å². The Morgan fingerprint density at radius 3 is 1.00 bits per heavy atom. The lowest BCUT2D eigenvalue weighted by Gasteiger charge is -2.14. The molecule has 0 N–H and O–H groups in total. The molecule has 0 fully saturated rings. The lowest BCUT2D eigenvalue weighted by molar-refractivity contribution is 0.404. The first kappa shape index (κ1) is 25.0. The third-order valence-electron chi connectivity index (χ3n) is 5.84. The van der Waals surface area contributed by atoms with Gasteiger partial charge in [-0.3, -0.25) is 0 Å². The van der Waals surface area contributed by atoms with Gasteiger partial charge in [0.05, 0.1) is 0 Å². The zero-order chi connectivity index (χ0) is 18.4. The van der Waals surface area contributed by atoms with Gasteiger partial charge in [0.15, 0.2) is 0 Å². The van der Waals surface area contributed by atoms with E-state index < -0.39 is 0 Å². The van der Waals surface area contributed by atoms with Crippen LogP contribution in [0.3, 0.4) is 0 Å². The molecule has 1 radical (unpaired) electrons. The van der Waals surface area contributed by atoms with Gasteiger partial charge in [-0.15, -0.1) is 0 Å². The molecule has 0 spiro atoms. The van der Waals surface area contributed by atoms with E-state index in [0.29, 0.717) is 0 Å². The molecule has 0 aliphatic rings. The summed E-state index contributed by atoms with van der Waals surface area (Å²) >= 11 is 0. The Morgan fingerprint density at radius 2 is 0.720 bits per heavy atom. The van der Waals surface area contributed by atoms with Crippen LogP contribution in [0.1, 0.15) is 149 Å². The largest absolute Gasteiger partial charge is 0.0654 e. The van der Waals surface area contributed by atoms with Crippen LogP contribution in [0.2, 0.25) is 0 Å². The number of rotatable bonds is 21. The van der Waals surface area contributed by atoms with Crippen molar-refractivity contribution in [2.75, 3.05) is 0 Å². The summed E-state index contributed by atoms with van der Waals surface area (Å²) in [6.45, 7) is 8.80. The number of unbranched alkanes of at least 4 members (excludes halogenated alkanes) is 16. The van der Waals surface area contributed by atoms with Gasteiger partial charge in [0.2, 0.25) is 0 Å². The smallest absolute Gasteiger partial charge is 0.0414 e. The average molecular weight is 352 g/mol. The molecule has 0 amide bonds. The molecule has 0 bridgehead atoms. The third kappa shape index (κ3) is 20.2. The molecule has 0 heteroatoms. The molecule has 0 aromatic heterocycles. The molecule has 25 heavy (non-hydrogen) atoms. The number of hydrogen-bond donors (Lipinski definition) is 0. The minimum Gasteiger partial charge on any atom is -0.0654 e. The molecule has 0 aromatic carbocycles. The molecule has 0 saturated heterocycles. The molecule has 0 saturated carbocycles. The molecular formula is C25H51. The normalized spacial score (nSPS) is 12.6. The Bertz CT molecular complexity index is 220. The van der Waals surface area contributed by atoms with Crippen molar-refractivity contribution >= 4 is 0 Å². The average Bonchev–Trinajstić information content (AvgIpc) is 2.63. The maximum atomic E-state index is 4.20. The van der Waals surface area contributed by atoms with Gasteiger partial charge in [0.1, 0.15) is 0 Å². The van der Waals surface area contributed by atoms with E-state index in [-0.39, 0.29) is 0 Å². The summed E-state index contributed by atoms with van der Waals surface area (Å²) in [5, 5.41) is 0. The quantitative estimate of drug-likeness (QED) is 0.180. The summed E-state index contributed by atoms with van der Waals surface area (Å²) in [6, 6.07) is 0. The van der Waals surface area contributed by atoms with Crippen molar-refractivity contribution < 1.29 is 0 Å². The molecule has 0 aliphatic heterocycles. The highest BCUT2D eigenvalue weighted by atomic mass is 14.1. The summed E-state index contributed by atoms with van der Waals surface area (Å²) in [7, 11) is 0. The fourth-order valence-electron chi connectivity index (χ4n) is 3.92. The van der Waals surface area contributed by atoms with E-state index in [1.807, 2.05) is 0 Å². The minimum atomic E-state index is 0.911. The third-order valence-corrected chi connectivity index (χ3v) is 5.84. The molecule has 0 aliphatic carbocycles. The first-order valence-corrected chi connectivity index (χ1v) is 12.1. The molecule has 1 unspecified atom stereocenters. The van der Waals surface area contributed by atoms with Gasteiger partial charge in [-0.2, -0.15) is 0 Å². The molecule has 151 valence electrons. The fraction of sp³-hybridized carbons (Fsp3) is 0.960. The van der Waals surface area contributed by atoms with Crippen LogP contribution in [0.5, 0.6) is 0 Å². The van der Waals surface area contributed by atoms with Gasteiger partial charge >= 0.3 is 0 Å². The minimum absolute atomic E-state index is 0.911. The second-order valence-corrected chi connectivity index (χ2v) is 8.39. The van der Waals surface area contributed by atoms with Gasteiger partial charge in [0, 0.05) is 0 Å². The van der Waals surface area contributed by atoms with E-state index in [1.165, 1.54) is 128 Å². The van der Waals surface area contributed by atoms with Crippen LogP contribution in [0.4, 0.5) is 0 Å². The van der Waals surface area contributed by atoms with E-state index in [1.54, 1.807) is 0 Å². The van der Waals surface area contributed by atoms with Crippen LogP contribution in [-0.2, 0) is 0 Å². The molecule has 0 aromatic rings. The van der Waals surface area contributed by atoms with Crippen LogP contribution in [0.15, 0.2) is 0 Å². The van der Waals surface area contributed by atoms with Crippen LogP contribution in [0, 0.1) is 12.8 Å². The summed E-state index contributed by atoms with van der Waals surface area (Å²) in [6.07, 6.45) is 30.1. The fourth-order valence-corrected chi connectivity index (χ4v) is 3.92. The van der Waals surface area contributed by atoms with Crippen LogP contribution < -0.4 is 0 Å². The Balaban J connectivity index is 3.28. The van der Waals surface area contributed by atoms with Crippen LogP contribution in [-0.4, -0.2) is 0 Å². The Hall–Kier alpha value is 0. The Labute approximate surface area is 161 Å².